The molecule has 0 aliphatic rings. The van der Waals surface area contributed by atoms with Crippen molar-refractivity contribution in [2.45, 2.75) is 31.5 Å². The average Bonchev–Trinajstić information content (AvgIpc) is 2.76. The van der Waals surface area contributed by atoms with Gasteiger partial charge in [-0.2, -0.15) is 18.3 Å². The van der Waals surface area contributed by atoms with Crippen LogP contribution in [0.1, 0.15) is 11.1 Å². The Bertz CT molecular complexity index is 782. The minimum atomic E-state index is -4.42. The van der Waals surface area contributed by atoms with Crippen LogP contribution in [0, 0.1) is 13.8 Å². The van der Waals surface area contributed by atoms with Crippen molar-refractivity contribution >= 4 is 15.7 Å². The highest BCUT2D eigenvalue weighted by atomic mass is 32.2. The second-order valence-corrected chi connectivity index (χ2v) is 6.57. The third-order valence-electron chi connectivity index (χ3n) is 2.86. The minimum absolute atomic E-state index is 0.0230. The van der Waals surface area contributed by atoms with E-state index in [9.17, 15) is 21.6 Å². The molecule has 0 fully saturated rings. The van der Waals surface area contributed by atoms with Gasteiger partial charge in [0.2, 0.25) is 0 Å². The van der Waals surface area contributed by atoms with Crippen LogP contribution in [0.15, 0.2) is 35.5 Å². The summed E-state index contributed by atoms with van der Waals surface area (Å²) in [4.78, 5) is 0.0797. The summed E-state index contributed by atoms with van der Waals surface area (Å²) in [5.74, 6) is 0. The van der Waals surface area contributed by atoms with Gasteiger partial charge in [-0.15, -0.1) is 0 Å². The molecule has 1 aromatic carbocycles. The molecule has 0 unspecified atom stereocenters. The molecule has 1 N–H and O–H groups in total. The van der Waals surface area contributed by atoms with Crippen molar-refractivity contribution in [3.05, 3.63) is 41.7 Å². The predicted octanol–water partition coefficient (Wildman–Crippen LogP) is 2.86. The number of halogens is 3. The molecule has 0 saturated heterocycles. The van der Waals surface area contributed by atoms with Crippen molar-refractivity contribution in [1.29, 1.82) is 0 Å². The van der Waals surface area contributed by atoms with Crippen LogP contribution in [0.25, 0.3) is 0 Å². The first-order valence-corrected chi connectivity index (χ1v) is 7.74. The van der Waals surface area contributed by atoms with E-state index in [2.05, 4.69) is 9.82 Å². The molecule has 0 aliphatic carbocycles. The van der Waals surface area contributed by atoms with E-state index in [1.54, 1.807) is 26.0 Å². The Morgan fingerprint density at radius 2 is 1.95 bits per heavy atom. The maximum absolute atomic E-state index is 12.3. The minimum Gasteiger partial charge on any atom is -0.276 e. The summed E-state index contributed by atoms with van der Waals surface area (Å²) in [5.41, 5.74) is 1.28. The highest BCUT2D eigenvalue weighted by Crippen LogP contribution is 2.22. The van der Waals surface area contributed by atoms with Gasteiger partial charge in [-0.05, 0) is 31.0 Å². The van der Waals surface area contributed by atoms with Crippen LogP contribution in [-0.2, 0) is 16.6 Å². The summed E-state index contributed by atoms with van der Waals surface area (Å²) >= 11 is 0. The Hall–Kier alpha value is -2.03. The maximum Gasteiger partial charge on any atom is 0.408 e. The van der Waals surface area contributed by atoms with E-state index in [1.165, 1.54) is 6.07 Å². The number of alkyl halides is 3. The quantitative estimate of drug-likeness (QED) is 0.936. The largest absolute Gasteiger partial charge is 0.408 e. The third-order valence-corrected chi connectivity index (χ3v) is 4.38. The molecule has 0 spiro atoms. The Balaban J connectivity index is 2.24. The molecule has 120 valence electrons. The number of anilines is 1. The fourth-order valence-corrected chi connectivity index (χ4v) is 3.25. The van der Waals surface area contributed by atoms with Gasteiger partial charge in [0.05, 0.1) is 16.8 Å². The lowest BCUT2D eigenvalue weighted by atomic mass is 10.2. The molecule has 1 aromatic heterocycles. The summed E-state index contributed by atoms with van der Waals surface area (Å²) in [7, 11) is -3.88. The smallest absolute Gasteiger partial charge is 0.276 e. The molecule has 0 bridgehead atoms. The number of aryl methyl sites for hydroxylation is 2. The van der Waals surface area contributed by atoms with Crippen LogP contribution in [0.5, 0.6) is 0 Å². The molecular formula is C13H14F3N3O2S. The SMILES string of the molecule is Cc1ccc(C)c(S(=O)(=O)Nc2cnn(CC(F)(F)F)c2)c1. The maximum atomic E-state index is 12.3. The zero-order valence-corrected chi connectivity index (χ0v) is 12.7. The number of aromatic nitrogens is 2. The first kappa shape index (κ1) is 16.3. The average molecular weight is 333 g/mol. The van der Waals surface area contributed by atoms with Gasteiger partial charge in [0.1, 0.15) is 6.54 Å². The second kappa shape index (κ2) is 5.64. The summed E-state index contributed by atoms with van der Waals surface area (Å²) < 4.78 is 64.2. The number of nitrogens with one attached hydrogen (secondary N) is 1. The van der Waals surface area contributed by atoms with E-state index >= 15 is 0 Å². The first-order chi connectivity index (χ1) is 10.1. The van der Waals surface area contributed by atoms with E-state index < -0.39 is 22.7 Å². The van der Waals surface area contributed by atoms with Gasteiger partial charge in [-0.3, -0.25) is 9.40 Å². The molecular weight excluding hydrogens is 319 g/mol. The van der Waals surface area contributed by atoms with Crippen molar-refractivity contribution in [2.75, 3.05) is 4.72 Å². The number of rotatable bonds is 4. The topological polar surface area (TPSA) is 64.0 Å². The first-order valence-electron chi connectivity index (χ1n) is 6.26. The van der Waals surface area contributed by atoms with E-state index in [0.717, 1.165) is 18.0 Å². The van der Waals surface area contributed by atoms with Crippen LogP contribution >= 0.6 is 0 Å². The number of hydrogen-bond donors (Lipinski definition) is 1. The zero-order chi connectivity index (χ0) is 16.5. The number of sulfonamides is 1. The van der Waals surface area contributed by atoms with Crippen molar-refractivity contribution < 1.29 is 21.6 Å². The third kappa shape index (κ3) is 4.00. The summed E-state index contributed by atoms with van der Waals surface area (Å²) in [6, 6.07) is 4.94. The van der Waals surface area contributed by atoms with Crippen molar-refractivity contribution in [3.8, 4) is 0 Å². The standard InChI is InChI=1S/C13H14F3N3O2S/c1-9-3-4-10(2)12(5-9)22(20,21)18-11-6-17-19(7-11)8-13(14,15)16/h3-7,18H,8H2,1-2H3. The van der Waals surface area contributed by atoms with Crippen molar-refractivity contribution in [1.82, 2.24) is 9.78 Å². The zero-order valence-electron chi connectivity index (χ0n) is 11.8. The fourth-order valence-electron chi connectivity index (χ4n) is 1.89. The number of benzene rings is 1. The predicted molar refractivity (Wildman–Crippen MR) is 75.0 cm³/mol. The molecule has 22 heavy (non-hydrogen) atoms. The monoisotopic (exact) mass is 333 g/mol. The molecule has 1 heterocycles. The number of nitrogens with zero attached hydrogens (tertiary/aromatic N) is 2. The normalized spacial score (nSPS) is 12.4. The molecule has 0 aliphatic heterocycles. The lowest BCUT2D eigenvalue weighted by Gasteiger charge is -2.09. The molecule has 0 radical (unpaired) electrons. The summed E-state index contributed by atoms with van der Waals surface area (Å²) in [6.07, 6.45) is -2.39. The van der Waals surface area contributed by atoms with Crippen LogP contribution in [0.4, 0.5) is 18.9 Å². The fraction of sp³-hybridized carbons (Fsp3) is 0.308. The van der Waals surface area contributed by atoms with Crippen LogP contribution in [0.3, 0.4) is 0 Å². The van der Waals surface area contributed by atoms with E-state index in [0.29, 0.717) is 10.2 Å². The van der Waals surface area contributed by atoms with E-state index in [4.69, 9.17) is 0 Å². The van der Waals surface area contributed by atoms with E-state index in [-0.39, 0.29) is 10.6 Å². The van der Waals surface area contributed by atoms with Gasteiger partial charge in [0, 0.05) is 6.20 Å². The Morgan fingerprint density at radius 3 is 2.59 bits per heavy atom. The van der Waals surface area contributed by atoms with Gasteiger partial charge >= 0.3 is 6.18 Å². The van der Waals surface area contributed by atoms with E-state index in [1.807, 2.05) is 0 Å². The highest BCUT2D eigenvalue weighted by molar-refractivity contribution is 7.92. The van der Waals surface area contributed by atoms with Gasteiger partial charge in [0.15, 0.2) is 0 Å². The van der Waals surface area contributed by atoms with Crippen molar-refractivity contribution in [2.24, 2.45) is 0 Å². The molecule has 5 nitrogen and oxygen atoms in total. The van der Waals surface area contributed by atoms with Gasteiger partial charge < -0.3 is 0 Å². The molecule has 2 aromatic rings. The Labute approximate surface area is 125 Å². The highest BCUT2D eigenvalue weighted by Gasteiger charge is 2.28. The van der Waals surface area contributed by atoms with Crippen LogP contribution < -0.4 is 4.72 Å². The van der Waals surface area contributed by atoms with Gasteiger partial charge in [-0.25, -0.2) is 8.42 Å². The van der Waals surface area contributed by atoms with Gasteiger partial charge in [0.25, 0.3) is 10.0 Å². The lowest BCUT2D eigenvalue weighted by Crippen LogP contribution is -2.18. The Kier molecular flexibility index (Phi) is 4.19. The molecule has 0 amide bonds. The Morgan fingerprint density at radius 1 is 1.27 bits per heavy atom. The summed E-state index contributed by atoms with van der Waals surface area (Å²) in [5, 5.41) is 3.49. The second-order valence-electron chi connectivity index (χ2n) is 4.92. The van der Waals surface area contributed by atoms with Crippen LogP contribution in [0.2, 0.25) is 0 Å². The molecule has 9 heteroatoms. The lowest BCUT2D eigenvalue weighted by molar-refractivity contribution is -0.142. The molecule has 0 atom stereocenters. The van der Waals surface area contributed by atoms with Gasteiger partial charge in [-0.1, -0.05) is 12.1 Å². The molecule has 0 saturated carbocycles. The molecule has 2 rings (SSSR count). The number of hydrogen-bond acceptors (Lipinski definition) is 3. The van der Waals surface area contributed by atoms with Crippen LogP contribution in [-0.4, -0.2) is 24.4 Å². The summed E-state index contributed by atoms with van der Waals surface area (Å²) in [6.45, 7) is 2.11. The van der Waals surface area contributed by atoms with Crippen molar-refractivity contribution in [3.63, 3.8) is 0 Å².